The number of nitrogens with one attached hydrogen (secondary N) is 1. The molecule has 26 heavy (non-hydrogen) atoms. The molecule has 1 saturated carbocycles. The largest absolute Gasteiger partial charge is 0.478 e. The number of hydrogen-bond acceptors (Lipinski definition) is 4. The van der Waals surface area contributed by atoms with Gasteiger partial charge in [0, 0.05) is 33.6 Å². The third kappa shape index (κ3) is 4.60. The number of carboxylic acid groups (broad SMARTS) is 1. The number of rotatable bonds is 6. The lowest BCUT2D eigenvalue weighted by molar-refractivity contribution is 0.0696. The highest BCUT2D eigenvalue weighted by Gasteiger charge is 2.20. The molecular weight excluding hydrogens is 354 g/mol. The average Bonchev–Trinajstić information content (AvgIpc) is 3.13. The van der Waals surface area contributed by atoms with Crippen molar-refractivity contribution in [3.63, 3.8) is 0 Å². The van der Waals surface area contributed by atoms with Crippen molar-refractivity contribution in [2.75, 3.05) is 5.32 Å². The van der Waals surface area contributed by atoms with Gasteiger partial charge in [-0.2, -0.15) is 0 Å². The molecule has 1 aliphatic carbocycles. The normalized spacial score (nSPS) is 16.2. The molecule has 2 N–H and O–H groups in total. The Balaban J connectivity index is 1.63. The van der Waals surface area contributed by atoms with Gasteiger partial charge in [-0.15, -0.1) is 0 Å². The van der Waals surface area contributed by atoms with Gasteiger partial charge in [-0.25, -0.2) is 4.79 Å². The van der Waals surface area contributed by atoms with E-state index in [-0.39, 0.29) is 16.6 Å². The standard InChI is InChI=1S/C19H21NO5S/c21-18(17-10-14(11-25-17)19(22)23)20-15-6-4-5-13(9-15)12-26(24)16-7-2-1-3-8-16/h4-6,9-11,16H,1-3,7-8,12H2,(H,20,21)(H,22,23). The van der Waals surface area contributed by atoms with E-state index in [0.29, 0.717) is 11.4 Å². The Labute approximate surface area is 154 Å². The maximum atomic E-state index is 12.5. The molecule has 0 saturated heterocycles. The summed E-state index contributed by atoms with van der Waals surface area (Å²) in [4.78, 5) is 23.0. The van der Waals surface area contributed by atoms with Crippen molar-refractivity contribution in [1.82, 2.24) is 0 Å². The first-order chi connectivity index (χ1) is 12.5. The molecule has 138 valence electrons. The lowest BCUT2D eigenvalue weighted by Crippen LogP contribution is -2.19. The molecule has 1 fully saturated rings. The number of carboxylic acids is 1. The molecular formula is C19H21NO5S. The van der Waals surface area contributed by atoms with Gasteiger partial charge < -0.3 is 14.8 Å². The van der Waals surface area contributed by atoms with Crippen molar-refractivity contribution in [3.05, 3.63) is 53.5 Å². The van der Waals surface area contributed by atoms with Crippen LogP contribution in [0.15, 0.2) is 41.0 Å². The molecule has 1 amide bonds. The molecule has 0 bridgehead atoms. The molecule has 1 aromatic heterocycles. The fourth-order valence-electron chi connectivity index (χ4n) is 3.11. The average molecular weight is 375 g/mol. The van der Waals surface area contributed by atoms with Gasteiger partial charge in [0.05, 0.1) is 5.56 Å². The summed E-state index contributed by atoms with van der Waals surface area (Å²) in [6, 6.07) is 8.39. The van der Waals surface area contributed by atoms with Crippen LogP contribution in [-0.2, 0) is 16.6 Å². The van der Waals surface area contributed by atoms with Crippen LogP contribution in [0.1, 0.15) is 58.6 Å². The highest BCUT2D eigenvalue weighted by atomic mass is 32.2. The fraction of sp³-hybridized carbons (Fsp3) is 0.368. The van der Waals surface area contributed by atoms with Crippen molar-refractivity contribution >= 4 is 28.4 Å². The summed E-state index contributed by atoms with van der Waals surface area (Å²) in [6.07, 6.45) is 6.59. The molecule has 1 atom stereocenters. The molecule has 0 spiro atoms. The summed E-state index contributed by atoms with van der Waals surface area (Å²) in [5.74, 6) is -1.28. The summed E-state index contributed by atoms with van der Waals surface area (Å²) >= 11 is 0. The van der Waals surface area contributed by atoms with Crippen LogP contribution < -0.4 is 5.32 Å². The number of anilines is 1. The van der Waals surface area contributed by atoms with E-state index in [1.54, 1.807) is 18.2 Å². The number of aromatic carboxylic acids is 1. The smallest absolute Gasteiger partial charge is 0.338 e. The maximum absolute atomic E-state index is 12.5. The maximum Gasteiger partial charge on any atom is 0.338 e. The van der Waals surface area contributed by atoms with Crippen LogP contribution in [0.25, 0.3) is 0 Å². The van der Waals surface area contributed by atoms with Crippen LogP contribution in [0.4, 0.5) is 5.69 Å². The second-order valence-corrected chi connectivity index (χ2v) is 8.16. The van der Waals surface area contributed by atoms with E-state index in [2.05, 4.69) is 5.32 Å². The Morgan fingerprint density at radius 1 is 1.19 bits per heavy atom. The van der Waals surface area contributed by atoms with Crippen LogP contribution >= 0.6 is 0 Å². The predicted molar refractivity (Wildman–Crippen MR) is 98.8 cm³/mol. The van der Waals surface area contributed by atoms with Crippen LogP contribution in [0.2, 0.25) is 0 Å². The SMILES string of the molecule is O=C(O)c1coc(C(=O)Nc2cccc(CS(=O)C3CCCCC3)c2)c1. The van der Waals surface area contributed by atoms with Crippen molar-refractivity contribution in [3.8, 4) is 0 Å². The molecule has 0 radical (unpaired) electrons. The van der Waals surface area contributed by atoms with Gasteiger partial charge in [0.15, 0.2) is 5.76 Å². The first-order valence-electron chi connectivity index (χ1n) is 8.62. The minimum atomic E-state index is -1.15. The van der Waals surface area contributed by atoms with Crippen LogP contribution in [0, 0.1) is 0 Å². The minimum absolute atomic E-state index is 0.0708. The number of benzene rings is 1. The molecule has 1 unspecified atom stereocenters. The van der Waals surface area contributed by atoms with Crippen molar-refractivity contribution in [2.24, 2.45) is 0 Å². The van der Waals surface area contributed by atoms with Crippen LogP contribution in [0.5, 0.6) is 0 Å². The Morgan fingerprint density at radius 2 is 1.96 bits per heavy atom. The zero-order valence-corrected chi connectivity index (χ0v) is 15.1. The third-order valence-corrected chi connectivity index (χ3v) is 6.32. The van der Waals surface area contributed by atoms with Gasteiger partial charge >= 0.3 is 5.97 Å². The van der Waals surface area contributed by atoms with E-state index in [1.807, 2.05) is 6.07 Å². The molecule has 3 rings (SSSR count). The van der Waals surface area contributed by atoms with Crippen molar-refractivity contribution < 1.29 is 23.3 Å². The molecule has 0 aliphatic heterocycles. The van der Waals surface area contributed by atoms with E-state index >= 15 is 0 Å². The van der Waals surface area contributed by atoms with Crippen molar-refractivity contribution in [2.45, 2.75) is 43.1 Å². The molecule has 7 heteroatoms. The first kappa shape index (κ1) is 18.4. The molecule has 1 heterocycles. The molecule has 6 nitrogen and oxygen atoms in total. The number of carbonyl (C=O) groups excluding carboxylic acids is 1. The highest BCUT2D eigenvalue weighted by Crippen LogP contribution is 2.24. The summed E-state index contributed by atoms with van der Waals surface area (Å²) in [5, 5.41) is 11.8. The second kappa shape index (κ2) is 8.31. The van der Waals surface area contributed by atoms with E-state index < -0.39 is 22.7 Å². The lowest BCUT2D eigenvalue weighted by atomic mass is 10.0. The quantitative estimate of drug-likeness (QED) is 0.800. The minimum Gasteiger partial charge on any atom is -0.478 e. The van der Waals surface area contributed by atoms with Gasteiger partial charge in [0.1, 0.15) is 6.26 Å². The van der Waals surface area contributed by atoms with Gasteiger partial charge in [-0.1, -0.05) is 31.4 Å². The Bertz CT molecular complexity index is 823. The summed E-state index contributed by atoms with van der Waals surface area (Å²) in [7, 11) is -0.913. The summed E-state index contributed by atoms with van der Waals surface area (Å²) < 4.78 is 17.5. The van der Waals surface area contributed by atoms with E-state index in [4.69, 9.17) is 9.52 Å². The van der Waals surface area contributed by atoms with E-state index in [0.717, 1.165) is 37.5 Å². The molecule has 1 aliphatic rings. The first-order valence-corrected chi connectivity index (χ1v) is 10.0. The lowest BCUT2D eigenvalue weighted by Gasteiger charge is -2.21. The van der Waals surface area contributed by atoms with Gasteiger partial charge in [-0.3, -0.25) is 9.00 Å². The fourth-order valence-corrected chi connectivity index (χ4v) is 4.71. The zero-order chi connectivity index (χ0) is 18.5. The Hall–Kier alpha value is -2.41. The van der Waals surface area contributed by atoms with Gasteiger partial charge in [-0.05, 0) is 30.5 Å². The van der Waals surface area contributed by atoms with Crippen LogP contribution in [0.3, 0.4) is 0 Å². The van der Waals surface area contributed by atoms with Gasteiger partial charge in [0.2, 0.25) is 0 Å². The summed E-state index contributed by atoms with van der Waals surface area (Å²) in [5.41, 5.74) is 1.38. The number of carbonyl (C=O) groups is 2. The van der Waals surface area contributed by atoms with Gasteiger partial charge in [0.25, 0.3) is 5.91 Å². The predicted octanol–water partition coefficient (Wildman–Crippen LogP) is 3.81. The monoisotopic (exact) mass is 375 g/mol. The number of hydrogen-bond donors (Lipinski definition) is 2. The number of amides is 1. The van der Waals surface area contributed by atoms with Crippen LogP contribution in [-0.4, -0.2) is 26.4 Å². The summed E-state index contributed by atoms with van der Waals surface area (Å²) in [6.45, 7) is 0. The highest BCUT2D eigenvalue weighted by molar-refractivity contribution is 7.84. The topological polar surface area (TPSA) is 96.6 Å². The van der Waals surface area contributed by atoms with Crippen molar-refractivity contribution in [1.29, 1.82) is 0 Å². The second-order valence-electron chi connectivity index (χ2n) is 6.44. The molecule has 2 aromatic rings. The van der Waals surface area contributed by atoms with E-state index in [1.165, 1.54) is 12.5 Å². The third-order valence-electron chi connectivity index (χ3n) is 4.49. The molecule has 1 aromatic carbocycles. The van der Waals surface area contributed by atoms with E-state index in [9.17, 15) is 13.8 Å². The zero-order valence-electron chi connectivity index (χ0n) is 14.3. The Kier molecular flexibility index (Phi) is 5.88. The Morgan fingerprint density at radius 3 is 2.65 bits per heavy atom. The number of furan rings is 1.